The summed E-state index contributed by atoms with van der Waals surface area (Å²) in [7, 11) is 0. The molecule has 0 spiro atoms. The van der Waals surface area contributed by atoms with E-state index in [1.807, 2.05) is 4.90 Å². The van der Waals surface area contributed by atoms with Crippen molar-refractivity contribution >= 4 is 17.5 Å². The molecule has 0 saturated carbocycles. The first-order chi connectivity index (χ1) is 14.5. The van der Waals surface area contributed by atoms with Gasteiger partial charge in [-0.2, -0.15) is 0 Å². The number of hydrogen-bond acceptors (Lipinski definition) is 5. The summed E-state index contributed by atoms with van der Waals surface area (Å²) >= 11 is 0. The molecule has 2 fully saturated rings. The minimum atomic E-state index is -0.364. The van der Waals surface area contributed by atoms with Gasteiger partial charge in [0.05, 0.1) is 23.8 Å². The van der Waals surface area contributed by atoms with Gasteiger partial charge in [0.15, 0.2) is 5.82 Å². The second-order valence-corrected chi connectivity index (χ2v) is 7.92. The Kier molecular flexibility index (Phi) is 6.03. The van der Waals surface area contributed by atoms with E-state index < -0.39 is 0 Å². The number of carbonyl (C=O) groups is 2. The van der Waals surface area contributed by atoms with Crippen LogP contribution in [0.1, 0.15) is 53.6 Å². The normalized spacial score (nSPS) is 19.3. The Morgan fingerprint density at radius 3 is 2.57 bits per heavy atom. The molecule has 158 valence electrons. The lowest BCUT2D eigenvalue weighted by Crippen LogP contribution is -2.39. The van der Waals surface area contributed by atoms with Crippen LogP contribution in [0.3, 0.4) is 0 Å². The van der Waals surface area contributed by atoms with Gasteiger partial charge in [-0.1, -0.05) is 0 Å². The molecule has 0 bridgehead atoms. The second kappa shape index (κ2) is 8.87. The van der Waals surface area contributed by atoms with Gasteiger partial charge in [0.1, 0.15) is 5.82 Å². The summed E-state index contributed by atoms with van der Waals surface area (Å²) in [5, 5.41) is 2.73. The number of hydrogen-bond donors (Lipinski definition) is 1. The highest BCUT2D eigenvalue weighted by Crippen LogP contribution is 2.30. The zero-order chi connectivity index (χ0) is 21.1. The smallest absolute Gasteiger partial charge is 0.259 e. The Balaban J connectivity index is 1.45. The van der Waals surface area contributed by atoms with E-state index in [4.69, 9.17) is 0 Å². The van der Waals surface area contributed by atoms with E-state index in [0.717, 1.165) is 38.8 Å². The lowest BCUT2D eigenvalue weighted by molar-refractivity contribution is -0.133. The fourth-order valence-electron chi connectivity index (χ4n) is 4.16. The molecule has 2 saturated heterocycles. The maximum absolute atomic E-state index is 13.0. The Labute approximate surface area is 175 Å². The zero-order valence-corrected chi connectivity index (χ0v) is 17.1. The Morgan fingerprint density at radius 2 is 1.87 bits per heavy atom. The van der Waals surface area contributed by atoms with Crippen molar-refractivity contribution in [2.45, 2.75) is 38.6 Å². The van der Waals surface area contributed by atoms with Gasteiger partial charge in [0.25, 0.3) is 5.91 Å². The predicted molar refractivity (Wildman–Crippen MR) is 110 cm³/mol. The van der Waals surface area contributed by atoms with E-state index in [9.17, 15) is 14.0 Å². The molecule has 1 aromatic heterocycles. The third-order valence-corrected chi connectivity index (χ3v) is 5.77. The number of aryl methyl sites for hydroxylation is 1. The van der Waals surface area contributed by atoms with Gasteiger partial charge in [-0.15, -0.1) is 0 Å². The van der Waals surface area contributed by atoms with Crippen LogP contribution in [0, 0.1) is 12.7 Å². The first-order valence-corrected chi connectivity index (χ1v) is 10.4. The number of likely N-dealkylation sites (tertiary alicyclic amines) is 2. The second-order valence-electron chi connectivity index (χ2n) is 7.92. The first-order valence-electron chi connectivity index (χ1n) is 10.4. The van der Waals surface area contributed by atoms with Crippen LogP contribution in [0.4, 0.5) is 10.1 Å². The number of halogens is 1. The molecule has 7 nitrogen and oxygen atoms in total. The number of aromatic nitrogens is 2. The minimum absolute atomic E-state index is 0.124. The number of nitrogens with one attached hydrogen (secondary N) is 1. The quantitative estimate of drug-likeness (QED) is 0.819. The number of anilines is 1. The molecule has 1 atom stereocenters. The summed E-state index contributed by atoms with van der Waals surface area (Å²) < 4.78 is 13.0. The monoisotopic (exact) mass is 411 g/mol. The molecule has 2 aliphatic rings. The van der Waals surface area contributed by atoms with Gasteiger partial charge in [0, 0.05) is 18.4 Å². The highest BCUT2D eigenvalue weighted by atomic mass is 19.1. The number of amides is 2. The Hall–Kier alpha value is -2.87. The number of rotatable bonds is 5. The SMILES string of the molecule is Cc1nc([C@@H]2CCCN2C(=O)CN2CCCC2)ncc1C(=O)Nc1ccc(F)cc1. The van der Waals surface area contributed by atoms with Crippen LogP contribution in [-0.2, 0) is 4.79 Å². The van der Waals surface area contributed by atoms with Crippen LogP contribution in [0.2, 0.25) is 0 Å². The van der Waals surface area contributed by atoms with Crippen molar-refractivity contribution < 1.29 is 14.0 Å². The van der Waals surface area contributed by atoms with Crippen molar-refractivity contribution in [1.29, 1.82) is 0 Å². The van der Waals surface area contributed by atoms with Crippen molar-refractivity contribution in [3.63, 3.8) is 0 Å². The lowest BCUT2D eigenvalue weighted by atomic mass is 10.1. The van der Waals surface area contributed by atoms with Gasteiger partial charge in [0.2, 0.25) is 5.91 Å². The summed E-state index contributed by atoms with van der Waals surface area (Å²) in [6.07, 6.45) is 5.57. The maximum atomic E-state index is 13.0. The van der Waals surface area contributed by atoms with E-state index >= 15 is 0 Å². The fraction of sp³-hybridized carbons (Fsp3) is 0.455. The maximum Gasteiger partial charge on any atom is 0.259 e. The van der Waals surface area contributed by atoms with Crippen molar-refractivity contribution in [2.75, 3.05) is 31.5 Å². The Bertz CT molecular complexity index is 928. The molecular weight excluding hydrogens is 385 g/mol. The predicted octanol–water partition coefficient (Wildman–Crippen LogP) is 2.94. The molecule has 3 heterocycles. The van der Waals surface area contributed by atoms with Crippen molar-refractivity contribution in [3.05, 3.63) is 53.4 Å². The lowest BCUT2D eigenvalue weighted by Gasteiger charge is -2.26. The molecule has 1 aromatic carbocycles. The van der Waals surface area contributed by atoms with E-state index in [1.165, 1.54) is 30.5 Å². The molecule has 2 amide bonds. The van der Waals surface area contributed by atoms with Crippen LogP contribution in [0.15, 0.2) is 30.5 Å². The summed E-state index contributed by atoms with van der Waals surface area (Å²) in [5.41, 5.74) is 1.41. The standard InChI is InChI=1S/C22H26FN5O2/c1-15-18(22(30)26-17-8-6-16(23)7-9-17)13-24-21(25-15)19-5-4-12-28(19)20(29)14-27-10-2-3-11-27/h6-9,13,19H,2-5,10-12,14H2,1H3,(H,26,30)/t19-/m0/s1. The van der Waals surface area contributed by atoms with E-state index in [2.05, 4.69) is 20.2 Å². The molecule has 4 rings (SSSR count). The van der Waals surface area contributed by atoms with Crippen molar-refractivity contribution in [1.82, 2.24) is 19.8 Å². The topological polar surface area (TPSA) is 78.4 Å². The molecular formula is C22H26FN5O2. The van der Waals surface area contributed by atoms with Crippen LogP contribution >= 0.6 is 0 Å². The average molecular weight is 411 g/mol. The molecule has 2 aliphatic heterocycles. The van der Waals surface area contributed by atoms with Crippen LogP contribution < -0.4 is 5.32 Å². The summed E-state index contributed by atoms with van der Waals surface area (Å²) in [6.45, 7) is 4.89. The van der Waals surface area contributed by atoms with Crippen LogP contribution in [0.25, 0.3) is 0 Å². The largest absolute Gasteiger partial charge is 0.331 e. The summed E-state index contributed by atoms with van der Waals surface area (Å²) in [5.74, 6) is -0.00630. The Morgan fingerprint density at radius 1 is 1.13 bits per heavy atom. The minimum Gasteiger partial charge on any atom is -0.331 e. The van der Waals surface area contributed by atoms with E-state index in [0.29, 0.717) is 35.9 Å². The van der Waals surface area contributed by atoms with Gasteiger partial charge >= 0.3 is 0 Å². The molecule has 0 radical (unpaired) electrons. The third kappa shape index (κ3) is 4.48. The molecule has 1 N–H and O–H groups in total. The third-order valence-electron chi connectivity index (χ3n) is 5.77. The summed E-state index contributed by atoms with van der Waals surface area (Å²) in [4.78, 5) is 38.4. The van der Waals surface area contributed by atoms with Gasteiger partial charge in [-0.25, -0.2) is 14.4 Å². The number of nitrogens with zero attached hydrogens (tertiary/aromatic N) is 4. The van der Waals surface area contributed by atoms with Gasteiger partial charge in [-0.3, -0.25) is 14.5 Å². The number of carbonyl (C=O) groups excluding carboxylic acids is 2. The van der Waals surface area contributed by atoms with E-state index in [-0.39, 0.29) is 23.7 Å². The van der Waals surface area contributed by atoms with Crippen molar-refractivity contribution in [2.24, 2.45) is 0 Å². The molecule has 0 aliphatic carbocycles. The molecule has 8 heteroatoms. The average Bonchev–Trinajstić information content (AvgIpc) is 3.41. The first kappa shape index (κ1) is 20.4. The molecule has 2 aromatic rings. The highest BCUT2D eigenvalue weighted by molar-refractivity contribution is 6.04. The summed E-state index contributed by atoms with van der Waals surface area (Å²) in [6, 6.07) is 5.43. The zero-order valence-electron chi connectivity index (χ0n) is 17.1. The van der Waals surface area contributed by atoms with Crippen LogP contribution in [0.5, 0.6) is 0 Å². The molecule has 0 unspecified atom stereocenters. The number of benzene rings is 1. The molecule has 30 heavy (non-hydrogen) atoms. The van der Waals surface area contributed by atoms with E-state index in [1.54, 1.807) is 6.92 Å². The fourth-order valence-corrected chi connectivity index (χ4v) is 4.16. The van der Waals surface area contributed by atoms with Crippen molar-refractivity contribution in [3.8, 4) is 0 Å². The van der Waals surface area contributed by atoms with Crippen LogP contribution in [-0.4, -0.2) is 57.8 Å². The van der Waals surface area contributed by atoms with Gasteiger partial charge in [-0.05, 0) is 70.0 Å². The van der Waals surface area contributed by atoms with Gasteiger partial charge < -0.3 is 10.2 Å². The highest BCUT2D eigenvalue weighted by Gasteiger charge is 2.33.